The fraction of sp³-hybridized carbons (Fsp3) is 0.560. The molecule has 1 amide bonds. The molecule has 4 N–H and O–H groups in total. The normalized spacial score (nSPS) is 18.4. The summed E-state index contributed by atoms with van der Waals surface area (Å²) < 4.78 is 5.27. The van der Waals surface area contributed by atoms with Gasteiger partial charge in [-0.1, -0.05) is 51.6 Å². The molecule has 3 rings (SSSR count). The number of hydrogen-bond donors (Lipinski definition) is 4. The summed E-state index contributed by atoms with van der Waals surface area (Å²) in [5.74, 6) is -1.66. The number of hydrogen-bond acceptors (Lipinski definition) is 6. The number of rotatable bonds is 9. The maximum absolute atomic E-state index is 13.0. The number of unbranched alkanes of at least 4 members (excludes halogenated alkanes) is 2. The van der Waals surface area contributed by atoms with Crippen LogP contribution in [0.4, 0.5) is 5.69 Å². The Morgan fingerprint density at radius 2 is 1.82 bits per heavy atom. The smallest absolute Gasteiger partial charge is 0.360 e. The standard InChI is InChI=1S/C25H34N2O6/c1-4-5-6-7-15-8-10-16(11-9-15)24(30)26-21-22(25(31)32)27-33-23(21)18-12-17(14(2)3)19(28)13-20(18)29/h12-16,28-29H,4-11H2,1-3H3,(H,26,30)(H,31,32)/t15-,16-. The SMILES string of the molecule is CCCCC[C@H]1CC[C@H](C(=O)Nc2c(C(=O)O)noc2-c2cc(C(C)C)c(O)cc2O)CC1. The lowest BCUT2D eigenvalue weighted by Gasteiger charge is -2.27. The van der Waals surface area contributed by atoms with Crippen molar-refractivity contribution in [2.75, 3.05) is 5.32 Å². The number of aromatic nitrogens is 1. The van der Waals surface area contributed by atoms with Crippen LogP contribution in [0.2, 0.25) is 0 Å². The summed E-state index contributed by atoms with van der Waals surface area (Å²) in [5.41, 5.74) is 0.208. The van der Waals surface area contributed by atoms with Gasteiger partial charge in [-0.05, 0) is 49.1 Å². The van der Waals surface area contributed by atoms with Crippen LogP contribution in [0.1, 0.15) is 94.1 Å². The molecule has 0 atom stereocenters. The van der Waals surface area contributed by atoms with Crippen molar-refractivity contribution in [2.24, 2.45) is 11.8 Å². The van der Waals surface area contributed by atoms with Crippen molar-refractivity contribution in [2.45, 2.75) is 78.1 Å². The number of carbonyl (C=O) groups excluding carboxylic acids is 1. The molecule has 0 bridgehead atoms. The molecule has 1 aliphatic carbocycles. The summed E-state index contributed by atoms with van der Waals surface area (Å²) >= 11 is 0. The van der Waals surface area contributed by atoms with E-state index in [9.17, 15) is 24.9 Å². The monoisotopic (exact) mass is 458 g/mol. The van der Waals surface area contributed by atoms with Gasteiger partial charge in [0.25, 0.3) is 0 Å². The summed E-state index contributed by atoms with van der Waals surface area (Å²) in [7, 11) is 0. The topological polar surface area (TPSA) is 133 Å². The van der Waals surface area contributed by atoms with Crippen molar-refractivity contribution >= 4 is 17.6 Å². The molecule has 1 saturated carbocycles. The number of nitrogens with one attached hydrogen (secondary N) is 1. The maximum Gasteiger partial charge on any atom is 0.360 e. The van der Waals surface area contributed by atoms with Crippen molar-refractivity contribution in [1.82, 2.24) is 5.16 Å². The first-order chi connectivity index (χ1) is 15.7. The first-order valence-electron chi connectivity index (χ1n) is 11.8. The lowest BCUT2D eigenvalue weighted by atomic mass is 9.79. The van der Waals surface area contributed by atoms with Gasteiger partial charge in [0.05, 0.1) is 5.56 Å². The Bertz CT molecular complexity index is 989. The molecule has 1 heterocycles. The van der Waals surface area contributed by atoms with Crippen molar-refractivity contribution < 1.29 is 29.4 Å². The third-order valence-corrected chi connectivity index (χ3v) is 6.59. The minimum atomic E-state index is -1.35. The number of nitrogens with zero attached hydrogens (tertiary/aromatic N) is 1. The van der Waals surface area contributed by atoms with E-state index in [1.165, 1.54) is 37.8 Å². The van der Waals surface area contributed by atoms with Crippen LogP contribution in [0.15, 0.2) is 16.7 Å². The van der Waals surface area contributed by atoms with Crippen LogP contribution in [0.25, 0.3) is 11.3 Å². The second kappa shape index (κ2) is 10.7. The van der Waals surface area contributed by atoms with Crippen LogP contribution >= 0.6 is 0 Å². The molecule has 1 aromatic heterocycles. The van der Waals surface area contributed by atoms with Crippen LogP contribution in [0.3, 0.4) is 0 Å². The Balaban J connectivity index is 1.82. The molecule has 1 aromatic carbocycles. The highest BCUT2D eigenvalue weighted by Crippen LogP contribution is 2.42. The molecule has 0 spiro atoms. The van der Waals surface area contributed by atoms with Gasteiger partial charge in [-0.15, -0.1) is 0 Å². The molecule has 0 radical (unpaired) electrons. The third-order valence-electron chi connectivity index (χ3n) is 6.59. The molecular formula is C25H34N2O6. The third kappa shape index (κ3) is 5.67. The number of aromatic carboxylic acids is 1. The van der Waals surface area contributed by atoms with Gasteiger partial charge in [-0.25, -0.2) is 4.79 Å². The van der Waals surface area contributed by atoms with Crippen molar-refractivity contribution in [3.05, 3.63) is 23.4 Å². The molecule has 2 aromatic rings. The molecule has 0 aliphatic heterocycles. The van der Waals surface area contributed by atoms with Crippen molar-refractivity contribution in [3.63, 3.8) is 0 Å². The summed E-state index contributed by atoms with van der Waals surface area (Å²) in [4.78, 5) is 24.8. The van der Waals surface area contributed by atoms with Gasteiger partial charge in [0, 0.05) is 12.0 Å². The van der Waals surface area contributed by atoms with E-state index in [0.29, 0.717) is 11.5 Å². The highest BCUT2D eigenvalue weighted by atomic mass is 16.5. The van der Waals surface area contributed by atoms with Crippen LogP contribution in [0, 0.1) is 11.8 Å². The number of phenols is 2. The molecule has 8 nitrogen and oxygen atoms in total. The van der Waals surface area contributed by atoms with Crippen LogP contribution in [-0.2, 0) is 4.79 Å². The highest BCUT2D eigenvalue weighted by molar-refractivity contribution is 6.04. The first kappa shape index (κ1) is 24.6. The maximum atomic E-state index is 13.0. The fourth-order valence-electron chi connectivity index (χ4n) is 4.60. The fourth-order valence-corrected chi connectivity index (χ4v) is 4.60. The highest BCUT2D eigenvalue weighted by Gasteiger charge is 2.31. The number of phenolic OH excluding ortho intramolecular Hbond substituents is 2. The van der Waals surface area contributed by atoms with Gasteiger partial charge in [0.2, 0.25) is 11.6 Å². The molecular weight excluding hydrogens is 424 g/mol. The Hall–Kier alpha value is -3.03. The molecule has 33 heavy (non-hydrogen) atoms. The molecule has 1 aliphatic rings. The molecule has 0 unspecified atom stereocenters. The quantitative estimate of drug-likeness (QED) is 0.344. The number of carboxylic acids is 1. The van der Waals surface area contributed by atoms with E-state index >= 15 is 0 Å². The molecule has 0 saturated heterocycles. The zero-order valence-electron chi connectivity index (χ0n) is 19.6. The number of anilines is 1. The van der Waals surface area contributed by atoms with Crippen LogP contribution in [-0.4, -0.2) is 32.4 Å². The second-order valence-corrected chi connectivity index (χ2v) is 9.33. The predicted octanol–water partition coefficient (Wildman–Crippen LogP) is 5.90. The van der Waals surface area contributed by atoms with Gasteiger partial charge in [-0.2, -0.15) is 0 Å². The minimum absolute atomic E-state index is 0.0478. The lowest BCUT2D eigenvalue weighted by Crippen LogP contribution is -2.28. The summed E-state index contributed by atoms with van der Waals surface area (Å²) in [6.07, 6.45) is 8.33. The number of amides is 1. The van der Waals surface area contributed by atoms with Gasteiger partial charge in [-0.3, -0.25) is 4.79 Å². The number of benzene rings is 1. The first-order valence-corrected chi connectivity index (χ1v) is 11.8. The summed E-state index contributed by atoms with van der Waals surface area (Å²) in [6, 6.07) is 2.71. The van der Waals surface area contributed by atoms with Crippen molar-refractivity contribution in [1.29, 1.82) is 0 Å². The average Bonchev–Trinajstić information content (AvgIpc) is 3.17. The van der Waals surface area contributed by atoms with Crippen molar-refractivity contribution in [3.8, 4) is 22.8 Å². The molecule has 180 valence electrons. The Labute approximate surface area is 194 Å². The van der Waals surface area contributed by atoms with Gasteiger partial charge < -0.3 is 25.2 Å². The van der Waals surface area contributed by atoms with Crippen LogP contribution in [0.5, 0.6) is 11.5 Å². The largest absolute Gasteiger partial charge is 0.508 e. The zero-order chi connectivity index (χ0) is 24.1. The van der Waals surface area contributed by atoms with E-state index in [4.69, 9.17) is 4.52 Å². The number of carboxylic acid groups (broad SMARTS) is 1. The second-order valence-electron chi connectivity index (χ2n) is 9.33. The summed E-state index contributed by atoms with van der Waals surface area (Å²) in [5, 5.41) is 36.4. The summed E-state index contributed by atoms with van der Waals surface area (Å²) in [6.45, 7) is 5.94. The lowest BCUT2D eigenvalue weighted by molar-refractivity contribution is -0.121. The number of carbonyl (C=O) groups is 2. The number of aromatic hydroxyl groups is 2. The van der Waals surface area contributed by atoms with E-state index in [2.05, 4.69) is 17.4 Å². The molecule has 1 fully saturated rings. The van der Waals surface area contributed by atoms with E-state index in [0.717, 1.165) is 25.7 Å². The van der Waals surface area contributed by atoms with E-state index in [-0.39, 0.29) is 46.3 Å². The minimum Gasteiger partial charge on any atom is -0.508 e. The van der Waals surface area contributed by atoms with Crippen LogP contribution < -0.4 is 5.32 Å². The van der Waals surface area contributed by atoms with E-state index in [1.54, 1.807) is 0 Å². The van der Waals surface area contributed by atoms with Gasteiger partial charge in [0.1, 0.15) is 17.2 Å². The van der Waals surface area contributed by atoms with E-state index in [1.807, 2.05) is 13.8 Å². The predicted molar refractivity (Wildman–Crippen MR) is 125 cm³/mol. The Kier molecular flexibility index (Phi) is 8.00. The Morgan fingerprint density at radius 1 is 1.12 bits per heavy atom. The van der Waals surface area contributed by atoms with Gasteiger partial charge in [0.15, 0.2) is 5.76 Å². The Morgan fingerprint density at radius 3 is 2.42 bits per heavy atom. The average molecular weight is 459 g/mol. The van der Waals surface area contributed by atoms with Gasteiger partial charge >= 0.3 is 5.97 Å². The zero-order valence-corrected chi connectivity index (χ0v) is 19.6. The molecule has 8 heteroatoms. The van der Waals surface area contributed by atoms with E-state index < -0.39 is 11.7 Å².